The number of hydrogen-bond donors (Lipinski definition) is 0. The number of hydrogen-bond acceptors (Lipinski definition) is 6. The van der Waals surface area contributed by atoms with Gasteiger partial charge in [-0.1, -0.05) is 6.92 Å². The maximum atomic E-state index is 11.3. The monoisotopic (exact) mass is 226 g/mol. The van der Waals surface area contributed by atoms with Gasteiger partial charge in [-0.2, -0.15) is 4.98 Å². The fourth-order valence-corrected chi connectivity index (χ4v) is 1.64. The average Bonchev–Trinajstić information content (AvgIpc) is 2.86. The molecule has 2 atom stereocenters. The molecule has 16 heavy (non-hydrogen) atoms. The maximum absolute atomic E-state index is 11.3. The molecular weight excluding hydrogens is 212 g/mol. The van der Waals surface area contributed by atoms with E-state index in [9.17, 15) is 4.79 Å². The molecule has 0 saturated carbocycles. The summed E-state index contributed by atoms with van der Waals surface area (Å²) >= 11 is 0. The van der Waals surface area contributed by atoms with Crippen LogP contribution in [0.25, 0.3) is 0 Å². The molecule has 2 rings (SSSR count). The average molecular weight is 226 g/mol. The molecule has 2 unspecified atom stereocenters. The standard InChI is InChI=1S/C10H14N2O4/c1-3-14-10(13)8-11-9(16-12-8)7-6(2)4-5-15-7/h6-7H,3-5H2,1-2H3. The van der Waals surface area contributed by atoms with Gasteiger partial charge in [0.2, 0.25) is 0 Å². The van der Waals surface area contributed by atoms with Gasteiger partial charge in [-0.05, 0) is 24.4 Å². The van der Waals surface area contributed by atoms with Crippen LogP contribution >= 0.6 is 0 Å². The molecule has 1 aromatic rings. The smallest absolute Gasteiger partial charge is 0.379 e. The number of ether oxygens (including phenoxy) is 2. The lowest BCUT2D eigenvalue weighted by atomic mass is 10.0. The van der Waals surface area contributed by atoms with Crippen molar-refractivity contribution in [2.45, 2.75) is 26.4 Å². The Morgan fingerprint density at radius 1 is 1.62 bits per heavy atom. The first-order valence-electron chi connectivity index (χ1n) is 5.34. The van der Waals surface area contributed by atoms with E-state index in [0.29, 0.717) is 25.0 Å². The SMILES string of the molecule is CCOC(=O)c1noc(C2OCCC2C)n1. The quantitative estimate of drug-likeness (QED) is 0.724. The van der Waals surface area contributed by atoms with Crippen LogP contribution in [0.1, 0.15) is 42.9 Å². The molecule has 1 aromatic heterocycles. The summed E-state index contributed by atoms with van der Waals surface area (Å²) in [5.41, 5.74) is 0. The molecule has 88 valence electrons. The number of aromatic nitrogens is 2. The van der Waals surface area contributed by atoms with E-state index < -0.39 is 5.97 Å². The molecule has 6 heteroatoms. The van der Waals surface area contributed by atoms with Crippen LogP contribution in [0.5, 0.6) is 0 Å². The lowest BCUT2D eigenvalue weighted by molar-refractivity contribution is 0.0508. The minimum atomic E-state index is -0.567. The summed E-state index contributed by atoms with van der Waals surface area (Å²) in [6.45, 7) is 4.74. The zero-order valence-electron chi connectivity index (χ0n) is 9.30. The second-order valence-electron chi connectivity index (χ2n) is 3.73. The molecule has 1 aliphatic heterocycles. The van der Waals surface area contributed by atoms with E-state index in [1.807, 2.05) is 6.92 Å². The Balaban J connectivity index is 2.10. The first-order valence-corrected chi connectivity index (χ1v) is 5.34. The van der Waals surface area contributed by atoms with Crippen molar-refractivity contribution in [3.63, 3.8) is 0 Å². The molecule has 0 aromatic carbocycles. The molecule has 0 amide bonds. The van der Waals surface area contributed by atoms with E-state index in [1.165, 1.54) is 0 Å². The van der Waals surface area contributed by atoms with E-state index in [2.05, 4.69) is 10.1 Å². The van der Waals surface area contributed by atoms with E-state index in [4.69, 9.17) is 14.0 Å². The Hall–Kier alpha value is -1.43. The molecular formula is C10H14N2O4. The van der Waals surface area contributed by atoms with Crippen molar-refractivity contribution in [3.8, 4) is 0 Å². The lowest BCUT2D eigenvalue weighted by Gasteiger charge is -2.07. The van der Waals surface area contributed by atoms with Crippen LogP contribution in [0.15, 0.2) is 4.52 Å². The van der Waals surface area contributed by atoms with Crippen molar-refractivity contribution in [2.24, 2.45) is 5.92 Å². The fourth-order valence-electron chi connectivity index (χ4n) is 1.64. The van der Waals surface area contributed by atoms with Crippen LogP contribution in [0.4, 0.5) is 0 Å². The summed E-state index contributed by atoms with van der Waals surface area (Å²) in [5.74, 6) is 0.0752. The molecule has 0 radical (unpaired) electrons. The summed E-state index contributed by atoms with van der Waals surface area (Å²) < 4.78 is 15.2. The summed E-state index contributed by atoms with van der Waals surface area (Å²) in [7, 11) is 0. The second-order valence-corrected chi connectivity index (χ2v) is 3.73. The van der Waals surface area contributed by atoms with Gasteiger partial charge in [0.15, 0.2) is 0 Å². The van der Waals surface area contributed by atoms with E-state index >= 15 is 0 Å². The van der Waals surface area contributed by atoms with Gasteiger partial charge in [0.1, 0.15) is 6.10 Å². The number of esters is 1. The molecule has 0 aliphatic carbocycles. The van der Waals surface area contributed by atoms with Crippen LogP contribution in [0, 0.1) is 5.92 Å². The highest BCUT2D eigenvalue weighted by Crippen LogP contribution is 2.32. The summed E-state index contributed by atoms with van der Waals surface area (Å²) in [6.07, 6.45) is 0.762. The first kappa shape index (κ1) is 11.1. The summed E-state index contributed by atoms with van der Waals surface area (Å²) in [4.78, 5) is 15.3. The minimum Gasteiger partial charge on any atom is -0.460 e. The van der Waals surface area contributed by atoms with Crippen LogP contribution < -0.4 is 0 Å². The van der Waals surface area contributed by atoms with Crippen LogP contribution in [-0.2, 0) is 9.47 Å². The molecule has 0 spiro atoms. The lowest BCUT2D eigenvalue weighted by Crippen LogP contribution is -2.08. The number of carbonyl (C=O) groups excluding carboxylic acids is 1. The van der Waals surface area contributed by atoms with Gasteiger partial charge in [-0.3, -0.25) is 0 Å². The van der Waals surface area contributed by atoms with Crippen LogP contribution in [-0.4, -0.2) is 29.3 Å². The van der Waals surface area contributed by atoms with E-state index in [0.717, 1.165) is 6.42 Å². The minimum absolute atomic E-state index is 0.0421. The number of carbonyl (C=O) groups is 1. The Morgan fingerprint density at radius 2 is 2.44 bits per heavy atom. The molecule has 1 aliphatic rings. The zero-order valence-corrected chi connectivity index (χ0v) is 9.30. The van der Waals surface area contributed by atoms with Crippen molar-refractivity contribution >= 4 is 5.97 Å². The van der Waals surface area contributed by atoms with Gasteiger partial charge in [0.05, 0.1) is 6.61 Å². The molecule has 1 saturated heterocycles. The van der Waals surface area contributed by atoms with Crippen LogP contribution in [0.2, 0.25) is 0 Å². The fraction of sp³-hybridized carbons (Fsp3) is 0.700. The topological polar surface area (TPSA) is 74.5 Å². The summed E-state index contributed by atoms with van der Waals surface area (Å²) in [6, 6.07) is 0. The predicted octanol–water partition coefficient (Wildman–Crippen LogP) is 1.34. The first-order chi connectivity index (χ1) is 7.72. The van der Waals surface area contributed by atoms with Crippen molar-refractivity contribution < 1.29 is 18.8 Å². The highest BCUT2D eigenvalue weighted by Gasteiger charge is 2.31. The normalized spacial score (nSPS) is 24.6. The van der Waals surface area contributed by atoms with Gasteiger partial charge in [0, 0.05) is 6.61 Å². The third kappa shape index (κ3) is 2.06. The molecule has 6 nitrogen and oxygen atoms in total. The zero-order chi connectivity index (χ0) is 11.5. The number of rotatable bonds is 3. The largest absolute Gasteiger partial charge is 0.460 e. The Morgan fingerprint density at radius 3 is 3.06 bits per heavy atom. The molecule has 2 heterocycles. The van der Waals surface area contributed by atoms with Gasteiger partial charge >= 0.3 is 5.97 Å². The Bertz CT molecular complexity index is 377. The summed E-state index contributed by atoms with van der Waals surface area (Å²) in [5, 5.41) is 3.57. The van der Waals surface area contributed by atoms with Crippen molar-refractivity contribution in [1.29, 1.82) is 0 Å². The third-order valence-corrected chi connectivity index (χ3v) is 2.53. The van der Waals surface area contributed by atoms with Gasteiger partial charge in [-0.25, -0.2) is 4.79 Å². The third-order valence-electron chi connectivity index (χ3n) is 2.53. The maximum Gasteiger partial charge on any atom is 0.379 e. The highest BCUT2D eigenvalue weighted by molar-refractivity contribution is 5.84. The second kappa shape index (κ2) is 4.61. The Kier molecular flexibility index (Phi) is 3.19. The van der Waals surface area contributed by atoms with Crippen molar-refractivity contribution in [1.82, 2.24) is 10.1 Å². The molecule has 0 bridgehead atoms. The van der Waals surface area contributed by atoms with Gasteiger partial charge in [0.25, 0.3) is 11.7 Å². The van der Waals surface area contributed by atoms with Crippen molar-refractivity contribution in [2.75, 3.05) is 13.2 Å². The van der Waals surface area contributed by atoms with Gasteiger partial charge in [-0.15, -0.1) is 0 Å². The van der Waals surface area contributed by atoms with Gasteiger partial charge < -0.3 is 14.0 Å². The van der Waals surface area contributed by atoms with Crippen molar-refractivity contribution in [3.05, 3.63) is 11.7 Å². The highest BCUT2D eigenvalue weighted by atomic mass is 16.5. The molecule has 1 fully saturated rings. The van der Waals surface area contributed by atoms with E-state index in [1.54, 1.807) is 6.92 Å². The molecule has 0 N–H and O–H groups in total. The van der Waals surface area contributed by atoms with Crippen LogP contribution in [0.3, 0.4) is 0 Å². The Labute approximate surface area is 92.9 Å². The predicted molar refractivity (Wildman–Crippen MR) is 52.7 cm³/mol. The van der Waals surface area contributed by atoms with E-state index in [-0.39, 0.29) is 11.9 Å². The number of nitrogens with zero attached hydrogens (tertiary/aromatic N) is 2.